The molecule has 10 heavy (non-hydrogen) atoms. The molecule has 0 saturated heterocycles. The molecule has 2 rings (SSSR count). The summed E-state index contributed by atoms with van der Waals surface area (Å²) < 4.78 is 0. The van der Waals surface area contributed by atoms with Gasteiger partial charge in [0.05, 0.1) is 5.54 Å². The Morgan fingerprint density at radius 3 is 2.70 bits per heavy atom. The fraction of sp³-hybridized carbons (Fsp3) is 0.600. The van der Waals surface area contributed by atoms with Crippen LogP contribution in [0.5, 0.6) is 0 Å². The SMILES string of the molecule is Cl.NC1(c2nncs2)CC1. The zero-order valence-corrected chi connectivity index (χ0v) is 6.91. The van der Waals surface area contributed by atoms with Gasteiger partial charge in [0.1, 0.15) is 10.5 Å². The number of rotatable bonds is 1. The molecule has 0 amide bonds. The van der Waals surface area contributed by atoms with Crippen LogP contribution in [0.2, 0.25) is 0 Å². The molecule has 1 saturated carbocycles. The monoisotopic (exact) mass is 177 g/mol. The minimum atomic E-state index is -0.0822. The van der Waals surface area contributed by atoms with Crippen molar-refractivity contribution >= 4 is 23.7 Å². The van der Waals surface area contributed by atoms with E-state index < -0.39 is 0 Å². The van der Waals surface area contributed by atoms with Gasteiger partial charge in [0, 0.05) is 0 Å². The van der Waals surface area contributed by atoms with Gasteiger partial charge in [-0.3, -0.25) is 0 Å². The molecule has 1 aromatic rings. The van der Waals surface area contributed by atoms with Crippen LogP contribution >= 0.6 is 23.7 Å². The second-order valence-corrected chi connectivity index (χ2v) is 3.23. The van der Waals surface area contributed by atoms with E-state index in [-0.39, 0.29) is 17.9 Å². The van der Waals surface area contributed by atoms with Crippen molar-refractivity contribution < 1.29 is 0 Å². The molecule has 1 aliphatic rings. The molecule has 1 aliphatic carbocycles. The van der Waals surface area contributed by atoms with Crippen LogP contribution in [0.4, 0.5) is 0 Å². The molecule has 0 bridgehead atoms. The molecule has 0 aromatic carbocycles. The lowest BCUT2D eigenvalue weighted by molar-refractivity contribution is 0.716. The van der Waals surface area contributed by atoms with E-state index in [4.69, 9.17) is 5.73 Å². The molecule has 1 fully saturated rings. The van der Waals surface area contributed by atoms with Crippen molar-refractivity contribution in [2.24, 2.45) is 5.73 Å². The summed E-state index contributed by atoms with van der Waals surface area (Å²) in [6, 6.07) is 0. The molecular weight excluding hydrogens is 170 g/mol. The molecular formula is C5H8ClN3S. The summed E-state index contributed by atoms with van der Waals surface area (Å²) in [6.07, 6.45) is 2.14. The first-order valence-corrected chi connectivity index (χ1v) is 3.75. The fourth-order valence-electron chi connectivity index (χ4n) is 0.739. The van der Waals surface area contributed by atoms with E-state index in [0.717, 1.165) is 17.8 Å². The Morgan fingerprint density at radius 1 is 1.60 bits per heavy atom. The average Bonchev–Trinajstić information content (AvgIpc) is 2.46. The molecule has 0 spiro atoms. The van der Waals surface area contributed by atoms with Gasteiger partial charge in [-0.05, 0) is 12.8 Å². The normalized spacial score (nSPS) is 19.7. The predicted molar refractivity (Wildman–Crippen MR) is 42.3 cm³/mol. The topological polar surface area (TPSA) is 51.8 Å². The lowest BCUT2D eigenvalue weighted by atomic mass is 10.3. The average molecular weight is 178 g/mol. The lowest BCUT2D eigenvalue weighted by Gasteiger charge is -1.98. The van der Waals surface area contributed by atoms with Crippen molar-refractivity contribution in [1.82, 2.24) is 10.2 Å². The van der Waals surface area contributed by atoms with Crippen LogP contribution in [-0.2, 0) is 5.54 Å². The number of hydrogen-bond acceptors (Lipinski definition) is 4. The van der Waals surface area contributed by atoms with Crippen LogP contribution in [0.3, 0.4) is 0 Å². The molecule has 3 nitrogen and oxygen atoms in total. The van der Waals surface area contributed by atoms with Crippen molar-refractivity contribution in [2.45, 2.75) is 18.4 Å². The van der Waals surface area contributed by atoms with Crippen molar-refractivity contribution in [2.75, 3.05) is 0 Å². The molecule has 0 atom stereocenters. The van der Waals surface area contributed by atoms with Crippen LogP contribution in [0.15, 0.2) is 5.51 Å². The van der Waals surface area contributed by atoms with Gasteiger partial charge in [0.15, 0.2) is 0 Å². The molecule has 1 aromatic heterocycles. The highest BCUT2D eigenvalue weighted by Gasteiger charge is 2.42. The first kappa shape index (κ1) is 7.91. The summed E-state index contributed by atoms with van der Waals surface area (Å²) in [6.45, 7) is 0. The fourth-order valence-corrected chi connectivity index (χ4v) is 1.47. The van der Waals surface area contributed by atoms with Gasteiger partial charge in [0.25, 0.3) is 0 Å². The van der Waals surface area contributed by atoms with Gasteiger partial charge in [-0.1, -0.05) is 0 Å². The molecule has 1 heterocycles. The van der Waals surface area contributed by atoms with E-state index in [9.17, 15) is 0 Å². The molecule has 56 valence electrons. The Morgan fingerprint density at radius 2 is 2.30 bits per heavy atom. The first-order valence-electron chi connectivity index (χ1n) is 2.87. The van der Waals surface area contributed by atoms with E-state index in [1.54, 1.807) is 16.8 Å². The Hall–Kier alpha value is -0.190. The van der Waals surface area contributed by atoms with E-state index >= 15 is 0 Å². The summed E-state index contributed by atoms with van der Waals surface area (Å²) in [5.74, 6) is 0. The number of aromatic nitrogens is 2. The maximum Gasteiger partial charge on any atom is 0.137 e. The minimum absolute atomic E-state index is 0. The lowest BCUT2D eigenvalue weighted by Crippen LogP contribution is -2.18. The van der Waals surface area contributed by atoms with Crippen molar-refractivity contribution in [3.8, 4) is 0 Å². The quantitative estimate of drug-likeness (QED) is 0.694. The van der Waals surface area contributed by atoms with E-state index in [0.29, 0.717) is 0 Å². The summed E-state index contributed by atoms with van der Waals surface area (Å²) in [4.78, 5) is 0. The minimum Gasteiger partial charge on any atom is -0.319 e. The van der Waals surface area contributed by atoms with Gasteiger partial charge in [-0.2, -0.15) is 0 Å². The van der Waals surface area contributed by atoms with Gasteiger partial charge in [0.2, 0.25) is 0 Å². The van der Waals surface area contributed by atoms with E-state index in [1.807, 2.05) is 0 Å². The zero-order chi connectivity index (χ0) is 6.32. The predicted octanol–water partition coefficient (Wildman–Crippen LogP) is 0.908. The van der Waals surface area contributed by atoms with Crippen LogP contribution < -0.4 is 5.73 Å². The van der Waals surface area contributed by atoms with Gasteiger partial charge in [-0.15, -0.1) is 33.9 Å². The molecule has 0 aliphatic heterocycles. The van der Waals surface area contributed by atoms with Gasteiger partial charge in [-0.25, -0.2) is 0 Å². The maximum absolute atomic E-state index is 5.82. The molecule has 5 heteroatoms. The Bertz CT molecular complexity index is 207. The smallest absolute Gasteiger partial charge is 0.137 e. The Balaban J connectivity index is 0.000000500. The Kier molecular flexibility index (Phi) is 1.94. The van der Waals surface area contributed by atoms with Gasteiger partial charge < -0.3 is 5.73 Å². The standard InChI is InChI=1S/C5H7N3S.ClH/c6-5(1-2-5)4-8-7-3-9-4;/h3H,1-2,6H2;1H. The molecule has 0 unspecified atom stereocenters. The maximum atomic E-state index is 5.82. The third-order valence-corrected chi connectivity index (χ3v) is 2.49. The van der Waals surface area contributed by atoms with Gasteiger partial charge >= 0.3 is 0 Å². The highest BCUT2D eigenvalue weighted by Crippen LogP contribution is 2.42. The van der Waals surface area contributed by atoms with E-state index in [2.05, 4.69) is 10.2 Å². The van der Waals surface area contributed by atoms with Crippen LogP contribution in [0, 0.1) is 0 Å². The molecule has 2 N–H and O–H groups in total. The number of nitrogens with zero attached hydrogens (tertiary/aromatic N) is 2. The van der Waals surface area contributed by atoms with Crippen molar-refractivity contribution in [3.05, 3.63) is 10.5 Å². The summed E-state index contributed by atoms with van der Waals surface area (Å²) >= 11 is 1.55. The third kappa shape index (κ3) is 1.14. The second kappa shape index (κ2) is 2.45. The number of nitrogens with two attached hydrogens (primary N) is 1. The number of hydrogen-bond donors (Lipinski definition) is 1. The van der Waals surface area contributed by atoms with Crippen LogP contribution in [0.25, 0.3) is 0 Å². The zero-order valence-electron chi connectivity index (χ0n) is 5.28. The second-order valence-electron chi connectivity index (χ2n) is 2.40. The largest absolute Gasteiger partial charge is 0.319 e. The summed E-state index contributed by atoms with van der Waals surface area (Å²) in [5.41, 5.74) is 7.46. The van der Waals surface area contributed by atoms with Crippen LogP contribution in [0.1, 0.15) is 17.8 Å². The number of halogens is 1. The Labute approximate surface area is 69.1 Å². The third-order valence-electron chi connectivity index (χ3n) is 1.57. The molecule has 0 radical (unpaired) electrons. The van der Waals surface area contributed by atoms with E-state index in [1.165, 1.54) is 0 Å². The summed E-state index contributed by atoms with van der Waals surface area (Å²) in [5, 5.41) is 8.60. The highest BCUT2D eigenvalue weighted by molar-refractivity contribution is 7.09. The summed E-state index contributed by atoms with van der Waals surface area (Å²) in [7, 11) is 0. The first-order chi connectivity index (χ1) is 4.31. The van der Waals surface area contributed by atoms with Crippen LogP contribution in [-0.4, -0.2) is 10.2 Å². The highest BCUT2D eigenvalue weighted by atomic mass is 35.5. The van der Waals surface area contributed by atoms with Crippen molar-refractivity contribution in [3.63, 3.8) is 0 Å². The van der Waals surface area contributed by atoms with Crippen molar-refractivity contribution in [1.29, 1.82) is 0 Å².